The van der Waals surface area contributed by atoms with Crippen LogP contribution in [0.15, 0.2) is 30.9 Å². The van der Waals surface area contributed by atoms with Crippen LogP contribution in [0.1, 0.15) is 23.1 Å². The average Bonchev–Trinajstić information content (AvgIpc) is 2.81. The summed E-state index contributed by atoms with van der Waals surface area (Å²) < 4.78 is 25.9. The van der Waals surface area contributed by atoms with Crippen LogP contribution in [0, 0.1) is 0 Å². The Bertz CT molecular complexity index is 544. The minimum atomic E-state index is -3.19. The fraction of sp³-hybridized carbons (Fsp3) is 0.385. The van der Waals surface area contributed by atoms with Gasteiger partial charge in [-0.3, -0.25) is 0 Å². The van der Waals surface area contributed by atoms with Crippen molar-refractivity contribution in [3.05, 3.63) is 47.5 Å². The average molecular weight is 303 g/mol. The monoisotopic (exact) mass is 302 g/mol. The maximum atomic E-state index is 11.6. The van der Waals surface area contributed by atoms with Crippen molar-refractivity contribution in [2.24, 2.45) is 0 Å². The molecule has 0 aromatic heterocycles. The lowest BCUT2D eigenvalue weighted by Gasteiger charge is -2.07. The Morgan fingerprint density at radius 1 is 1.32 bits per heavy atom. The molecule has 0 radical (unpaired) electrons. The minimum absolute atomic E-state index is 0. The van der Waals surface area contributed by atoms with E-state index in [0.717, 1.165) is 18.7 Å². The zero-order chi connectivity index (χ0) is 13.0. The van der Waals surface area contributed by atoms with E-state index in [0.29, 0.717) is 13.0 Å². The second kappa shape index (κ2) is 7.05. The lowest BCUT2D eigenvalue weighted by molar-refractivity contribution is 0.581. The molecule has 0 aliphatic carbocycles. The van der Waals surface area contributed by atoms with Gasteiger partial charge in [-0.2, -0.15) is 0 Å². The van der Waals surface area contributed by atoms with E-state index in [1.807, 2.05) is 6.07 Å². The Labute approximate surface area is 120 Å². The van der Waals surface area contributed by atoms with Gasteiger partial charge in [0.05, 0.1) is 5.75 Å². The van der Waals surface area contributed by atoms with Gasteiger partial charge in [-0.1, -0.05) is 24.3 Å². The molecule has 1 aliphatic heterocycles. The first-order chi connectivity index (χ1) is 8.61. The Kier molecular flexibility index (Phi) is 6.00. The molecule has 6 heteroatoms. The standard InChI is InChI=1S/C13H18N2O2S.ClH/c1-2-3-6-18(16,17)15-8-11-4-5-12-9-14-10-13(12)7-11;/h2,4-5,7,14-15H,1,3,6,8-10H2;1H. The number of halogens is 1. The number of rotatable bonds is 6. The van der Waals surface area contributed by atoms with Crippen molar-refractivity contribution < 1.29 is 8.42 Å². The molecule has 106 valence electrons. The summed E-state index contributed by atoms with van der Waals surface area (Å²) in [6, 6.07) is 6.09. The van der Waals surface area contributed by atoms with Gasteiger partial charge >= 0.3 is 0 Å². The van der Waals surface area contributed by atoms with Crippen LogP contribution in [0.25, 0.3) is 0 Å². The van der Waals surface area contributed by atoms with Crippen molar-refractivity contribution in [3.63, 3.8) is 0 Å². The SMILES string of the molecule is C=CCCS(=O)(=O)NCc1ccc2c(c1)CNC2.Cl. The fourth-order valence-electron chi connectivity index (χ4n) is 1.96. The smallest absolute Gasteiger partial charge is 0.212 e. The first-order valence-electron chi connectivity index (χ1n) is 6.00. The van der Waals surface area contributed by atoms with Gasteiger partial charge in [-0.15, -0.1) is 19.0 Å². The zero-order valence-electron chi connectivity index (χ0n) is 10.7. The molecule has 4 nitrogen and oxygen atoms in total. The number of nitrogens with one attached hydrogen (secondary N) is 2. The quantitative estimate of drug-likeness (QED) is 0.787. The van der Waals surface area contributed by atoms with Crippen molar-refractivity contribution in [3.8, 4) is 0 Å². The van der Waals surface area contributed by atoms with Crippen molar-refractivity contribution in [2.75, 3.05) is 5.75 Å². The van der Waals surface area contributed by atoms with Crippen LogP contribution in [-0.2, 0) is 29.7 Å². The number of fused-ring (bicyclic) bond motifs is 1. The van der Waals surface area contributed by atoms with Gasteiger partial charge in [-0.25, -0.2) is 13.1 Å². The Balaban J connectivity index is 0.00000180. The first kappa shape index (κ1) is 16.2. The third-order valence-electron chi connectivity index (χ3n) is 2.99. The lowest BCUT2D eigenvalue weighted by Crippen LogP contribution is -2.25. The van der Waals surface area contributed by atoms with Gasteiger partial charge in [-0.05, 0) is 23.1 Å². The lowest BCUT2D eigenvalue weighted by atomic mass is 10.1. The predicted octanol–water partition coefficient (Wildman–Crippen LogP) is 1.71. The molecule has 1 aromatic rings. The van der Waals surface area contributed by atoms with Gasteiger partial charge < -0.3 is 5.32 Å². The second-order valence-electron chi connectivity index (χ2n) is 4.42. The van der Waals surface area contributed by atoms with Crippen LogP contribution in [0.5, 0.6) is 0 Å². The summed E-state index contributed by atoms with van der Waals surface area (Å²) in [7, 11) is -3.19. The third-order valence-corrected chi connectivity index (χ3v) is 4.35. The summed E-state index contributed by atoms with van der Waals surface area (Å²) in [5.74, 6) is 0.100. The second-order valence-corrected chi connectivity index (χ2v) is 6.35. The molecule has 0 bridgehead atoms. The summed E-state index contributed by atoms with van der Waals surface area (Å²) in [6.45, 7) is 5.65. The van der Waals surface area contributed by atoms with E-state index in [2.05, 4.69) is 28.8 Å². The van der Waals surface area contributed by atoms with Crippen LogP contribution >= 0.6 is 12.4 Å². The summed E-state index contributed by atoms with van der Waals surface area (Å²) in [6.07, 6.45) is 2.09. The highest BCUT2D eigenvalue weighted by molar-refractivity contribution is 7.89. The van der Waals surface area contributed by atoms with Crippen molar-refractivity contribution >= 4 is 22.4 Å². The molecule has 0 amide bonds. The molecule has 0 atom stereocenters. The summed E-state index contributed by atoms with van der Waals surface area (Å²) in [5.41, 5.74) is 3.56. The number of allylic oxidation sites excluding steroid dienone is 1. The molecule has 1 heterocycles. The highest BCUT2D eigenvalue weighted by Crippen LogP contribution is 2.17. The van der Waals surface area contributed by atoms with Gasteiger partial charge in [0.25, 0.3) is 0 Å². The molecule has 0 unspecified atom stereocenters. The Morgan fingerprint density at radius 3 is 2.79 bits per heavy atom. The van der Waals surface area contributed by atoms with Gasteiger partial charge in [0.15, 0.2) is 0 Å². The zero-order valence-corrected chi connectivity index (χ0v) is 12.3. The first-order valence-corrected chi connectivity index (χ1v) is 7.65. The number of hydrogen-bond donors (Lipinski definition) is 2. The molecule has 1 aliphatic rings. The third kappa shape index (κ3) is 4.62. The van der Waals surface area contributed by atoms with Crippen LogP contribution in [0.4, 0.5) is 0 Å². The minimum Gasteiger partial charge on any atom is -0.309 e. The van der Waals surface area contributed by atoms with Gasteiger partial charge in [0, 0.05) is 19.6 Å². The van der Waals surface area contributed by atoms with Crippen LogP contribution in [0.2, 0.25) is 0 Å². The van der Waals surface area contributed by atoms with E-state index >= 15 is 0 Å². The van der Waals surface area contributed by atoms with E-state index in [9.17, 15) is 8.42 Å². The maximum Gasteiger partial charge on any atom is 0.212 e. The van der Waals surface area contributed by atoms with E-state index in [4.69, 9.17) is 0 Å². The van der Waals surface area contributed by atoms with Crippen molar-refractivity contribution in [2.45, 2.75) is 26.1 Å². The van der Waals surface area contributed by atoms with Crippen molar-refractivity contribution in [1.82, 2.24) is 10.0 Å². The van der Waals surface area contributed by atoms with Gasteiger partial charge in [0.2, 0.25) is 10.0 Å². The largest absolute Gasteiger partial charge is 0.309 e. The van der Waals surface area contributed by atoms with E-state index in [1.54, 1.807) is 6.08 Å². The normalized spacial score (nSPS) is 13.7. The summed E-state index contributed by atoms with van der Waals surface area (Å²) >= 11 is 0. The van der Waals surface area contributed by atoms with Gasteiger partial charge in [0.1, 0.15) is 0 Å². The highest BCUT2D eigenvalue weighted by atomic mass is 35.5. The summed E-state index contributed by atoms with van der Waals surface area (Å²) in [4.78, 5) is 0. The molecular formula is C13H19ClN2O2S. The number of sulfonamides is 1. The predicted molar refractivity (Wildman–Crippen MR) is 79.7 cm³/mol. The highest BCUT2D eigenvalue weighted by Gasteiger charge is 2.12. The molecule has 0 spiro atoms. The maximum absolute atomic E-state index is 11.6. The Morgan fingerprint density at radius 2 is 2.05 bits per heavy atom. The Hall–Kier alpha value is -0.880. The molecule has 2 rings (SSSR count). The van der Waals surface area contributed by atoms with E-state index in [1.165, 1.54) is 11.1 Å². The van der Waals surface area contributed by atoms with E-state index < -0.39 is 10.0 Å². The number of hydrogen-bond acceptors (Lipinski definition) is 3. The van der Waals surface area contributed by atoms with E-state index in [-0.39, 0.29) is 18.2 Å². The molecule has 0 fully saturated rings. The fourth-order valence-corrected chi connectivity index (χ4v) is 2.97. The van der Waals surface area contributed by atoms with Crippen LogP contribution < -0.4 is 10.0 Å². The summed E-state index contributed by atoms with van der Waals surface area (Å²) in [5, 5.41) is 3.27. The molecule has 0 saturated heterocycles. The number of benzene rings is 1. The van der Waals surface area contributed by atoms with Crippen LogP contribution in [0.3, 0.4) is 0 Å². The topological polar surface area (TPSA) is 58.2 Å². The molecule has 19 heavy (non-hydrogen) atoms. The van der Waals surface area contributed by atoms with Crippen molar-refractivity contribution in [1.29, 1.82) is 0 Å². The molecule has 0 saturated carbocycles. The molecule has 1 aromatic carbocycles. The molecular weight excluding hydrogens is 284 g/mol. The molecule has 2 N–H and O–H groups in total. The van der Waals surface area contributed by atoms with Crippen LogP contribution in [-0.4, -0.2) is 14.2 Å².